The molecule has 3 heterocycles. The van der Waals surface area contributed by atoms with Gasteiger partial charge in [0.05, 0.1) is 16.4 Å². The van der Waals surface area contributed by atoms with Crippen molar-refractivity contribution in [3.8, 4) is 0 Å². The van der Waals surface area contributed by atoms with E-state index >= 15 is 0 Å². The monoisotopic (exact) mass is 347 g/mol. The lowest BCUT2D eigenvalue weighted by Gasteiger charge is -2.32. The number of nitrogens with zero attached hydrogens (tertiary/aromatic N) is 3. The van der Waals surface area contributed by atoms with Gasteiger partial charge in [-0.15, -0.1) is 0 Å². The molecule has 2 fully saturated rings. The lowest BCUT2D eigenvalue weighted by molar-refractivity contribution is 0.184. The minimum absolute atomic E-state index is 0.194. The molecule has 0 amide bonds. The van der Waals surface area contributed by atoms with Crippen LogP contribution in [-0.4, -0.2) is 48.4 Å². The van der Waals surface area contributed by atoms with Crippen LogP contribution in [0.5, 0.6) is 0 Å². The van der Waals surface area contributed by atoms with Gasteiger partial charge in [0.15, 0.2) is 0 Å². The normalized spacial score (nSPS) is 34.5. The Kier molecular flexibility index (Phi) is 3.69. The van der Waals surface area contributed by atoms with Gasteiger partial charge in [0, 0.05) is 31.1 Å². The molecular weight excluding hydrogens is 322 g/mol. The van der Waals surface area contributed by atoms with E-state index in [-0.39, 0.29) is 10.8 Å². The van der Waals surface area contributed by atoms with Crippen LogP contribution in [0.4, 0.5) is 5.82 Å². The van der Waals surface area contributed by atoms with Gasteiger partial charge in [-0.3, -0.25) is 0 Å². The molecule has 0 spiro atoms. The Hall–Kier alpha value is -1.47. The molecular formula is C17H25N5OS. The van der Waals surface area contributed by atoms with Crippen molar-refractivity contribution in [3.63, 3.8) is 0 Å². The summed E-state index contributed by atoms with van der Waals surface area (Å²) in [5.41, 5.74) is 1.26. The van der Waals surface area contributed by atoms with Gasteiger partial charge >= 0.3 is 0 Å². The molecule has 24 heavy (non-hydrogen) atoms. The van der Waals surface area contributed by atoms with E-state index in [1.165, 1.54) is 0 Å². The number of H-pyrrole nitrogens is 1. The smallest absolute Gasteiger partial charge is 0.142 e. The predicted octanol–water partition coefficient (Wildman–Crippen LogP) is 2.54. The maximum absolute atomic E-state index is 12.2. The molecule has 2 aromatic rings. The molecule has 2 aliphatic rings. The van der Waals surface area contributed by atoms with Gasteiger partial charge in [0.1, 0.15) is 17.8 Å². The van der Waals surface area contributed by atoms with E-state index in [4.69, 9.17) is 0 Å². The van der Waals surface area contributed by atoms with Crippen LogP contribution in [0.3, 0.4) is 0 Å². The van der Waals surface area contributed by atoms with Gasteiger partial charge in [-0.05, 0) is 29.7 Å². The molecule has 1 saturated carbocycles. The number of fused-ring (bicyclic) bond motifs is 2. The average Bonchev–Trinajstić information content (AvgIpc) is 3.16. The molecule has 2 aromatic heterocycles. The Labute approximate surface area is 145 Å². The van der Waals surface area contributed by atoms with Crippen LogP contribution in [0, 0.1) is 10.8 Å². The first-order valence-electron chi connectivity index (χ1n) is 8.62. The Balaban J connectivity index is 1.53. The summed E-state index contributed by atoms with van der Waals surface area (Å²) in [4.78, 5) is 11.8. The minimum Gasteiger partial charge on any atom is -0.367 e. The Morgan fingerprint density at radius 2 is 2.04 bits per heavy atom. The first-order valence-corrected chi connectivity index (χ1v) is 9.90. The van der Waals surface area contributed by atoms with Crippen LogP contribution in [0.1, 0.15) is 33.6 Å². The first kappa shape index (κ1) is 16.0. The highest BCUT2D eigenvalue weighted by Crippen LogP contribution is 2.58. The molecule has 130 valence electrons. The number of aromatic amines is 1. The first-order chi connectivity index (χ1) is 11.4. The fourth-order valence-corrected chi connectivity index (χ4v) is 5.83. The van der Waals surface area contributed by atoms with E-state index in [1.807, 2.05) is 19.2 Å². The van der Waals surface area contributed by atoms with Gasteiger partial charge in [-0.2, -0.15) is 0 Å². The number of nitrogens with one attached hydrogen (secondary N) is 2. The lowest BCUT2D eigenvalue weighted by atomic mass is 9.71. The highest BCUT2D eigenvalue weighted by atomic mass is 32.2. The highest BCUT2D eigenvalue weighted by molar-refractivity contribution is 7.82. The number of aromatic nitrogens is 3. The van der Waals surface area contributed by atoms with Gasteiger partial charge in [-0.1, -0.05) is 20.8 Å². The molecule has 1 aliphatic carbocycles. The second kappa shape index (κ2) is 5.52. The van der Waals surface area contributed by atoms with Crippen molar-refractivity contribution in [1.29, 1.82) is 0 Å². The molecule has 4 rings (SSSR count). The zero-order valence-electron chi connectivity index (χ0n) is 14.5. The van der Waals surface area contributed by atoms with Crippen molar-refractivity contribution in [1.82, 2.24) is 19.3 Å². The van der Waals surface area contributed by atoms with Crippen LogP contribution in [0.2, 0.25) is 0 Å². The Morgan fingerprint density at radius 1 is 1.33 bits per heavy atom. The van der Waals surface area contributed by atoms with Gasteiger partial charge in [0.2, 0.25) is 0 Å². The minimum atomic E-state index is -0.837. The van der Waals surface area contributed by atoms with Gasteiger partial charge in [0.25, 0.3) is 0 Å². The lowest BCUT2D eigenvalue weighted by Crippen LogP contribution is -2.30. The molecule has 1 saturated heterocycles. The molecule has 3 atom stereocenters. The third-order valence-electron chi connectivity index (χ3n) is 6.13. The van der Waals surface area contributed by atoms with Crippen LogP contribution in [0.15, 0.2) is 18.6 Å². The topological polar surface area (TPSA) is 73.9 Å². The molecule has 0 aromatic carbocycles. The summed E-state index contributed by atoms with van der Waals surface area (Å²) in [6, 6.07) is 2.41. The second-order valence-corrected chi connectivity index (χ2v) is 9.48. The van der Waals surface area contributed by atoms with Crippen molar-refractivity contribution in [3.05, 3.63) is 18.6 Å². The molecule has 1 aliphatic heterocycles. The third kappa shape index (κ3) is 2.37. The van der Waals surface area contributed by atoms with E-state index in [0.717, 1.165) is 42.8 Å². The maximum atomic E-state index is 12.2. The quantitative estimate of drug-likeness (QED) is 0.891. The predicted molar refractivity (Wildman–Crippen MR) is 97.0 cm³/mol. The fourth-order valence-electron chi connectivity index (χ4n) is 4.61. The standard InChI is InChI=1S/C17H25N5OS/c1-4-24(23)22-9-16(2)7-12(8-17(16,3)10-22)21-15-13-5-6-18-14(13)19-11-20-15/h5-6,11-12H,4,7-10H2,1-3H3,(H2,18,19,20,21). The van der Waals surface area contributed by atoms with Crippen molar-refractivity contribution >= 4 is 27.8 Å². The Bertz CT molecular complexity index is 772. The SMILES string of the molecule is CCS(=O)N1CC2(C)CC(Nc3ncnc4[nH]ccc34)CC2(C)C1. The van der Waals surface area contributed by atoms with Crippen molar-refractivity contribution in [2.75, 3.05) is 24.2 Å². The summed E-state index contributed by atoms with van der Waals surface area (Å²) in [6.07, 6.45) is 5.66. The third-order valence-corrected chi connectivity index (χ3v) is 7.46. The summed E-state index contributed by atoms with van der Waals surface area (Å²) < 4.78 is 14.4. The Morgan fingerprint density at radius 3 is 2.71 bits per heavy atom. The van der Waals surface area contributed by atoms with Crippen LogP contribution in [-0.2, 0) is 11.0 Å². The van der Waals surface area contributed by atoms with Crippen LogP contribution < -0.4 is 5.32 Å². The van der Waals surface area contributed by atoms with E-state index in [2.05, 4.69) is 38.4 Å². The van der Waals surface area contributed by atoms with Crippen LogP contribution >= 0.6 is 0 Å². The van der Waals surface area contributed by atoms with E-state index in [1.54, 1.807) is 6.33 Å². The average molecular weight is 347 g/mol. The van der Waals surface area contributed by atoms with E-state index in [0.29, 0.717) is 11.8 Å². The van der Waals surface area contributed by atoms with Gasteiger partial charge < -0.3 is 10.3 Å². The fraction of sp³-hybridized carbons (Fsp3) is 0.647. The summed E-state index contributed by atoms with van der Waals surface area (Å²) >= 11 is 0. The molecule has 6 nitrogen and oxygen atoms in total. The van der Waals surface area contributed by atoms with Crippen LogP contribution in [0.25, 0.3) is 11.0 Å². The number of rotatable bonds is 4. The summed E-state index contributed by atoms with van der Waals surface area (Å²) in [6.45, 7) is 8.55. The molecule has 3 unspecified atom stereocenters. The zero-order chi connectivity index (χ0) is 16.9. The zero-order valence-corrected chi connectivity index (χ0v) is 15.3. The summed E-state index contributed by atoms with van der Waals surface area (Å²) in [5, 5.41) is 4.68. The summed E-state index contributed by atoms with van der Waals surface area (Å²) in [5.74, 6) is 1.62. The van der Waals surface area contributed by atoms with Crippen molar-refractivity contribution < 1.29 is 4.21 Å². The molecule has 2 N–H and O–H groups in total. The van der Waals surface area contributed by atoms with Crippen molar-refractivity contribution in [2.24, 2.45) is 10.8 Å². The summed E-state index contributed by atoms with van der Waals surface area (Å²) in [7, 11) is -0.837. The maximum Gasteiger partial charge on any atom is 0.142 e. The number of anilines is 1. The van der Waals surface area contributed by atoms with Gasteiger partial charge in [-0.25, -0.2) is 18.5 Å². The van der Waals surface area contributed by atoms with E-state index < -0.39 is 11.0 Å². The molecule has 0 radical (unpaired) electrons. The largest absolute Gasteiger partial charge is 0.367 e. The highest BCUT2D eigenvalue weighted by Gasteiger charge is 2.58. The number of hydrogen-bond acceptors (Lipinski definition) is 4. The number of hydrogen-bond donors (Lipinski definition) is 2. The molecule has 0 bridgehead atoms. The van der Waals surface area contributed by atoms with Crippen molar-refractivity contribution in [2.45, 2.75) is 39.7 Å². The van der Waals surface area contributed by atoms with E-state index in [9.17, 15) is 4.21 Å². The molecule has 7 heteroatoms. The second-order valence-electron chi connectivity index (χ2n) is 7.74.